The molecule has 3 aromatic rings. The molecule has 0 spiro atoms. The number of halogens is 1. The molecule has 21 heavy (non-hydrogen) atoms. The van der Waals surface area contributed by atoms with Crippen molar-refractivity contribution in [3.05, 3.63) is 77.6 Å². The van der Waals surface area contributed by atoms with E-state index in [1.165, 1.54) is 11.1 Å². The van der Waals surface area contributed by atoms with E-state index in [-0.39, 0.29) is 6.04 Å². The highest BCUT2D eigenvalue weighted by molar-refractivity contribution is 9.09. The maximum Gasteiger partial charge on any atom is 0.156 e. The summed E-state index contributed by atoms with van der Waals surface area (Å²) >= 11 is 3.58. The summed E-state index contributed by atoms with van der Waals surface area (Å²) < 4.78 is 1.90. The first-order chi connectivity index (χ1) is 10.4. The van der Waals surface area contributed by atoms with Gasteiger partial charge in [0, 0.05) is 11.8 Å². The van der Waals surface area contributed by atoms with Crippen LogP contribution in [0.3, 0.4) is 0 Å². The molecule has 2 aromatic carbocycles. The molecule has 5 heteroatoms. The first-order valence-electron chi connectivity index (χ1n) is 6.80. The van der Waals surface area contributed by atoms with Crippen molar-refractivity contribution in [2.45, 2.75) is 12.5 Å². The van der Waals surface area contributed by atoms with E-state index in [9.17, 15) is 0 Å². The van der Waals surface area contributed by atoms with Crippen LogP contribution in [0.4, 0.5) is 0 Å². The van der Waals surface area contributed by atoms with Crippen LogP contribution in [-0.4, -0.2) is 25.5 Å². The van der Waals surface area contributed by atoms with E-state index in [2.05, 4.69) is 55.7 Å². The number of aromatic nitrogens is 4. The number of nitrogens with zero attached hydrogens (tertiary/aromatic N) is 4. The second-order valence-electron chi connectivity index (χ2n) is 4.78. The highest BCUT2D eigenvalue weighted by Gasteiger charge is 2.18. The van der Waals surface area contributed by atoms with Crippen LogP contribution < -0.4 is 0 Å². The zero-order chi connectivity index (χ0) is 14.5. The van der Waals surface area contributed by atoms with Crippen LogP contribution in [0.2, 0.25) is 0 Å². The summed E-state index contributed by atoms with van der Waals surface area (Å²) in [5.41, 5.74) is 2.39. The van der Waals surface area contributed by atoms with Crippen molar-refractivity contribution in [3.63, 3.8) is 0 Å². The summed E-state index contributed by atoms with van der Waals surface area (Å²) in [5.74, 6) is 0.870. The van der Waals surface area contributed by atoms with E-state index in [0.29, 0.717) is 0 Å². The van der Waals surface area contributed by atoms with E-state index >= 15 is 0 Å². The van der Waals surface area contributed by atoms with Crippen LogP contribution in [0, 0.1) is 0 Å². The number of rotatable bonds is 5. The number of hydrogen-bond acceptors (Lipinski definition) is 3. The molecule has 1 aromatic heterocycles. The SMILES string of the molecule is BrC[C@@H](c1ccccc1)n1nnnc1Cc1ccccc1. The molecule has 3 rings (SSSR count). The Hall–Kier alpha value is -2.01. The maximum atomic E-state index is 4.19. The lowest BCUT2D eigenvalue weighted by Gasteiger charge is -2.16. The van der Waals surface area contributed by atoms with Gasteiger partial charge in [-0.2, -0.15) is 0 Å². The van der Waals surface area contributed by atoms with Gasteiger partial charge in [-0.15, -0.1) is 5.10 Å². The Balaban J connectivity index is 1.91. The van der Waals surface area contributed by atoms with Crippen LogP contribution in [0.25, 0.3) is 0 Å². The molecule has 0 aliphatic carbocycles. The monoisotopic (exact) mass is 342 g/mol. The predicted octanol–water partition coefficient (Wildman–Crippen LogP) is 3.25. The van der Waals surface area contributed by atoms with Crippen LogP contribution in [0.15, 0.2) is 60.7 Å². The van der Waals surface area contributed by atoms with Gasteiger partial charge < -0.3 is 0 Å². The van der Waals surface area contributed by atoms with Gasteiger partial charge in [0.05, 0.1) is 6.04 Å². The molecular formula is C16H15BrN4. The van der Waals surface area contributed by atoms with Gasteiger partial charge >= 0.3 is 0 Å². The number of benzene rings is 2. The average Bonchev–Trinajstić information content (AvgIpc) is 2.98. The summed E-state index contributed by atoms with van der Waals surface area (Å²) in [5, 5.41) is 13.0. The third-order valence-electron chi connectivity index (χ3n) is 3.39. The summed E-state index contributed by atoms with van der Waals surface area (Å²) in [4.78, 5) is 0. The average molecular weight is 343 g/mol. The van der Waals surface area contributed by atoms with Crippen molar-refractivity contribution in [2.24, 2.45) is 0 Å². The van der Waals surface area contributed by atoms with Gasteiger partial charge in [0.1, 0.15) is 0 Å². The molecule has 0 aliphatic heterocycles. The molecule has 0 bridgehead atoms. The van der Waals surface area contributed by atoms with Gasteiger partial charge in [-0.1, -0.05) is 76.6 Å². The van der Waals surface area contributed by atoms with Crippen LogP contribution in [-0.2, 0) is 6.42 Å². The smallest absolute Gasteiger partial charge is 0.156 e. The highest BCUT2D eigenvalue weighted by Crippen LogP contribution is 2.21. The van der Waals surface area contributed by atoms with E-state index in [0.717, 1.165) is 17.6 Å². The molecule has 106 valence electrons. The molecule has 0 aliphatic rings. The van der Waals surface area contributed by atoms with Gasteiger partial charge in [-0.25, -0.2) is 4.68 Å². The van der Waals surface area contributed by atoms with Crippen molar-refractivity contribution in [3.8, 4) is 0 Å². The van der Waals surface area contributed by atoms with Gasteiger partial charge in [0.25, 0.3) is 0 Å². The Labute approximate surface area is 131 Å². The number of tetrazole rings is 1. The molecule has 0 N–H and O–H groups in total. The molecule has 0 saturated heterocycles. The third kappa shape index (κ3) is 3.19. The van der Waals surface area contributed by atoms with Crippen LogP contribution in [0.1, 0.15) is 23.0 Å². The lowest BCUT2D eigenvalue weighted by atomic mass is 10.1. The van der Waals surface area contributed by atoms with E-state index in [1.54, 1.807) is 0 Å². The predicted molar refractivity (Wildman–Crippen MR) is 85.4 cm³/mol. The first-order valence-corrected chi connectivity index (χ1v) is 7.92. The van der Waals surface area contributed by atoms with Crippen molar-refractivity contribution in [1.82, 2.24) is 20.2 Å². The van der Waals surface area contributed by atoms with E-state index in [1.807, 2.05) is 41.1 Å². The fraction of sp³-hybridized carbons (Fsp3) is 0.188. The first kappa shape index (κ1) is 13.9. The van der Waals surface area contributed by atoms with Gasteiger partial charge in [0.15, 0.2) is 5.82 Å². The Morgan fingerprint density at radius 3 is 2.29 bits per heavy atom. The fourth-order valence-electron chi connectivity index (χ4n) is 2.32. The van der Waals surface area contributed by atoms with Gasteiger partial charge in [-0.05, 0) is 21.6 Å². The minimum Gasteiger partial charge on any atom is -0.221 e. The molecule has 0 unspecified atom stereocenters. The molecule has 0 saturated carbocycles. The van der Waals surface area contributed by atoms with E-state index < -0.39 is 0 Å². The minimum atomic E-state index is 0.0971. The zero-order valence-corrected chi connectivity index (χ0v) is 13.0. The zero-order valence-electron chi connectivity index (χ0n) is 11.4. The molecule has 0 radical (unpaired) electrons. The maximum absolute atomic E-state index is 4.19. The number of alkyl halides is 1. The summed E-state index contributed by atoms with van der Waals surface area (Å²) in [6, 6.07) is 20.6. The standard InChI is InChI=1S/C16H15BrN4/c17-12-15(14-9-5-2-6-10-14)21-16(18-19-20-21)11-13-7-3-1-4-8-13/h1-10,15H,11-12H2/t15-/m0/s1. The van der Waals surface area contributed by atoms with Crippen LogP contribution >= 0.6 is 15.9 Å². The van der Waals surface area contributed by atoms with Crippen molar-refractivity contribution in [1.29, 1.82) is 0 Å². The van der Waals surface area contributed by atoms with Crippen LogP contribution in [0.5, 0.6) is 0 Å². The van der Waals surface area contributed by atoms with Gasteiger partial charge in [0.2, 0.25) is 0 Å². The minimum absolute atomic E-state index is 0.0971. The summed E-state index contributed by atoms with van der Waals surface area (Å²) in [7, 11) is 0. The molecule has 1 heterocycles. The molecular weight excluding hydrogens is 328 g/mol. The second kappa shape index (κ2) is 6.63. The van der Waals surface area contributed by atoms with Crippen molar-refractivity contribution >= 4 is 15.9 Å². The van der Waals surface area contributed by atoms with Crippen molar-refractivity contribution < 1.29 is 0 Å². The largest absolute Gasteiger partial charge is 0.221 e. The van der Waals surface area contributed by atoms with Crippen molar-refractivity contribution in [2.75, 3.05) is 5.33 Å². The Bertz CT molecular complexity index is 682. The summed E-state index contributed by atoms with van der Waals surface area (Å²) in [6.45, 7) is 0. The third-order valence-corrected chi connectivity index (χ3v) is 4.01. The Morgan fingerprint density at radius 2 is 1.62 bits per heavy atom. The molecule has 0 amide bonds. The number of hydrogen-bond donors (Lipinski definition) is 0. The summed E-state index contributed by atoms with van der Waals surface area (Å²) in [6.07, 6.45) is 0.726. The normalized spacial score (nSPS) is 12.2. The fourth-order valence-corrected chi connectivity index (χ4v) is 2.97. The Kier molecular flexibility index (Phi) is 4.40. The van der Waals surface area contributed by atoms with Gasteiger partial charge in [-0.3, -0.25) is 0 Å². The lowest BCUT2D eigenvalue weighted by Crippen LogP contribution is -2.17. The topological polar surface area (TPSA) is 43.6 Å². The molecule has 1 atom stereocenters. The van der Waals surface area contributed by atoms with E-state index in [4.69, 9.17) is 0 Å². The highest BCUT2D eigenvalue weighted by atomic mass is 79.9. The second-order valence-corrected chi connectivity index (χ2v) is 5.43. The quantitative estimate of drug-likeness (QED) is 0.668. The lowest BCUT2D eigenvalue weighted by molar-refractivity contribution is 0.533. The molecule has 4 nitrogen and oxygen atoms in total. The Morgan fingerprint density at radius 1 is 0.952 bits per heavy atom. The molecule has 0 fully saturated rings.